The van der Waals surface area contributed by atoms with E-state index in [0.29, 0.717) is 18.1 Å². The van der Waals surface area contributed by atoms with Crippen LogP contribution < -0.4 is 10.1 Å². The van der Waals surface area contributed by atoms with Crippen molar-refractivity contribution in [1.82, 2.24) is 24.5 Å². The first-order chi connectivity index (χ1) is 13.6. The van der Waals surface area contributed by atoms with E-state index < -0.39 is 0 Å². The molecule has 2 N–H and O–H groups in total. The number of hydrogen-bond donors (Lipinski definition) is 2. The van der Waals surface area contributed by atoms with E-state index in [-0.39, 0.29) is 5.91 Å². The Morgan fingerprint density at radius 2 is 2.04 bits per heavy atom. The zero-order valence-electron chi connectivity index (χ0n) is 16.1. The number of carbonyl (C=O) groups is 1. The molecule has 1 amide bonds. The molecule has 28 heavy (non-hydrogen) atoms. The van der Waals surface area contributed by atoms with Gasteiger partial charge in [-0.3, -0.25) is 14.6 Å². The third-order valence-electron chi connectivity index (χ3n) is 4.77. The summed E-state index contributed by atoms with van der Waals surface area (Å²) in [6.45, 7) is 5.47. The molecule has 3 heterocycles. The van der Waals surface area contributed by atoms with E-state index in [2.05, 4.69) is 38.2 Å². The highest BCUT2D eigenvalue weighted by Gasteiger charge is 2.16. The third-order valence-corrected chi connectivity index (χ3v) is 4.77. The Kier molecular flexibility index (Phi) is 4.60. The summed E-state index contributed by atoms with van der Waals surface area (Å²) in [5.41, 5.74) is 3.45. The Bertz CT molecular complexity index is 1140. The standard InChI is InChI=1S/C20H22N6O2/c1-4-25-16-7-6-14(28-3)10-13(16)11-18(25)15-12-19(24-23-15)22-20(27)17-8-9-21-26(17)5-2/h6-12H,4-5H2,1-3H3,(H2,22,23,24,27). The number of benzene rings is 1. The van der Waals surface area contributed by atoms with E-state index in [9.17, 15) is 4.79 Å². The van der Waals surface area contributed by atoms with Crippen LogP contribution >= 0.6 is 0 Å². The first-order valence-electron chi connectivity index (χ1n) is 9.20. The zero-order valence-corrected chi connectivity index (χ0v) is 16.1. The summed E-state index contributed by atoms with van der Waals surface area (Å²) in [5.74, 6) is 1.05. The number of carbonyl (C=O) groups excluding carboxylic acids is 1. The van der Waals surface area contributed by atoms with Crippen LogP contribution in [0.4, 0.5) is 5.82 Å². The minimum atomic E-state index is -0.238. The van der Waals surface area contributed by atoms with Gasteiger partial charge in [-0.25, -0.2) is 0 Å². The Morgan fingerprint density at radius 3 is 2.79 bits per heavy atom. The molecule has 0 saturated carbocycles. The fourth-order valence-corrected chi connectivity index (χ4v) is 3.41. The number of nitrogens with zero attached hydrogens (tertiary/aromatic N) is 4. The summed E-state index contributed by atoms with van der Waals surface area (Å²) in [5, 5.41) is 15.3. The lowest BCUT2D eigenvalue weighted by molar-refractivity contribution is 0.101. The molecule has 0 fully saturated rings. The van der Waals surface area contributed by atoms with Crippen molar-refractivity contribution < 1.29 is 9.53 Å². The van der Waals surface area contributed by atoms with E-state index in [1.807, 2.05) is 31.2 Å². The highest BCUT2D eigenvalue weighted by atomic mass is 16.5. The Hall–Kier alpha value is -3.55. The molecule has 0 aliphatic carbocycles. The molecule has 1 aromatic carbocycles. The van der Waals surface area contributed by atoms with Gasteiger partial charge >= 0.3 is 0 Å². The van der Waals surface area contributed by atoms with E-state index in [1.54, 1.807) is 24.1 Å². The number of fused-ring (bicyclic) bond motifs is 1. The lowest BCUT2D eigenvalue weighted by Gasteiger charge is -2.06. The maximum atomic E-state index is 12.5. The number of ether oxygens (including phenoxy) is 1. The van der Waals surface area contributed by atoms with E-state index in [0.717, 1.165) is 34.6 Å². The molecule has 0 atom stereocenters. The molecular formula is C20H22N6O2. The molecule has 3 aromatic heterocycles. The Morgan fingerprint density at radius 1 is 1.18 bits per heavy atom. The van der Waals surface area contributed by atoms with Crippen molar-refractivity contribution >= 4 is 22.6 Å². The predicted octanol–water partition coefficient (Wildman–Crippen LogP) is 3.53. The average Bonchev–Trinajstić information content (AvgIpc) is 3.44. The molecule has 0 bridgehead atoms. The van der Waals surface area contributed by atoms with Gasteiger partial charge in [0.2, 0.25) is 0 Å². The fourth-order valence-electron chi connectivity index (χ4n) is 3.41. The van der Waals surface area contributed by atoms with Crippen molar-refractivity contribution in [2.45, 2.75) is 26.9 Å². The van der Waals surface area contributed by atoms with Crippen molar-refractivity contribution in [3.05, 3.63) is 48.3 Å². The number of aromatic amines is 1. The summed E-state index contributed by atoms with van der Waals surface area (Å²) in [6.07, 6.45) is 1.61. The molecule has 0 aliphatic rings. The van der Waals surface area contributed by atoms with Gasteiger partial charge in [0, 0.05) is 36.3 Å². The van der Waals surface area contributed by atoms with Crippen LogP contribution in [-0.2, 0) is 13.1 Å². The van der Waals surface area contributed by atoms with Crippen LogP contribution in [0.3, 0.4) is 0 Å². The maximum Gasteiger partial charge on any atom is 0.275 e. The van der Waals surface area contributed by atoms with Gasteiger partial charge in [0.05, 0.1) is 18.5 Å². The van der Waals surface area contributed by atoms with Gasteiger partial charge in [0.1, 0.15) is 11.4 Å². The topological polar surface area (TPSA) is 89.8 Å². The number of aromatic nitrogens is 5. The molecule has 4 rings (SSSR count). The first kappa shape index (κ1) is 17.8. The lowest BCUT2D eigenvalue weighted by Crippen LogP contribution is -2.17. The summed E-state index contributed by atoms with van der Waals surface area (Å²) in [7, 11) is 1.66. The smallest absolute Gasteiger partial charge is 0.275 e. The molecule has 4 aromatic rings. The number of methoxy groups -OCH3 is 1. The number of H-pyrrole nitrogens is 1. The van der Waals surface area contributed by atoms with Crippen LogP contribution in [0, 0.1) is 0 Å². The number of rotatable bonds is 6. The van der Waals surface area contributed by atoms with Crippen molar-refractivity contribution in [3.8, 4) is 17.1 Å². The van der Waals surface area contributed by atoms with Crippen molar-refractivity contribution in [3.63, 3.8) is 0 Å². The van der Waals surface area contributed by atoms with Crippen molar-refractivity contribution in [1.29, 1.82) is 0 Å². The molecule has 8 heteroatoms. The number of aryl methyl sites for hydroxylation is 2. The van der Waals surface area contributed by atoms with Crippen molar-refractivity contribution in [2.75, 3.05) is 12.4 Å². The Balaban J connectivity index is 1.64. The van der Waals surface area contributed by atoms with Gasteiger partial charge in [-0.1, -0.05) is 0 Å². The molecule has 0 unspecified atom stereocenters. The lowest BCUT2D eigenvalue weighted by atomic mass is 10.2. The molecule has 0 saturated heterocycles. The summed E-state index contributed by atoms with van der Waals surface area (Å²) in [4.78, 5) is 12.5. The second-order valence-corrected chi connectivity index (χ2v) is 6.35. The molecule has 0 spiro atoms. The first-order valence-corrected chi connectivity index (χ1v) is 9.20. The highest BCUT2D eigenvalue weighted by Crippen LogP contribution is 2.30. The minimum absolute atomic E-state index is 0.238. The number of anilines is 1. The summed E-state index contributed by atoms with van der Waals surface area (Å²) in [6, 6.07) is 11.6. The second kappa shape index (κ2) is 7.22. The third kappa shape index (κ3) is 3.02. The highest BCUT2D eigenvalue weighted by molar-refractivity contribution is 6.02. The van der Waals surface area contributed by atoms with Crippen molar-refractivity contribution in [2.24, 2.45) is 0 Å². The molecule has 144 valence electrons. The normalized spacial score (nSPS) is 11.1. The Labute approximate surface area is 162 Å². The van der Waals surface area contributed by atoms with Crippen LogP contribution in [0.1, 0.15) is 24.3 Å². The number of amides is 1. The van der Waals surface area contributed by atoms with Gasteiger partial charge < -0.3 is 14.6 Å². The van der Waals surface area contributed by atoms with Crippen LogP contribution in [0.5, 0.6) is 5.75 Å². The molecule has 0 aliphatic heterocycles. The van der Waals surface area contributed by atoms with E-state index in [1.165, 1.54) is 0 Å². The van der Waals surface area contributed by atoms with E-state index in [4.69, 9.17) is 4.74 Å². The maximum absolute atomic E-state index is 12.5. The van der Waals surface area contributed by atoms with Crippen LogP contribution in [0.2, 0.25) is 0 Å². The van der Waals surface area contributed by atoms with Gasteiger partial charge in [-0.15, -0.1) is 0 Å². The zero-order chi connectivity index (χ0) is 19.7. The fraction of sp³-hybridized carbons (Fsp3) is 0.250. The molecular weight excluding hydrogens is 356 g/mol. The average molecular weight is 378 g/mol. The molecule has 0 radical (unpaired) electrons. The number of hydrogen-bond acceptors (Lipinski definition) is 4. The summed E-state index contributed by atoms with van der Waals surface area (Å²) >= 11 is 0. The second-order valence-electron chi connectivity index (χ2n) is 6.35. The van der Waals surface area contributed by atoms with Crippen LogP contribution in [-0.4, -0.2) is 37.6 Å². The SMILES string of the molecule is CCn1nccc1C(=O)Nc1cc(-c2cc3cc(OC)ccc3n2CC)[nH]n1. The minimum Gasteiger partial charge on any atom is -0.497 e. The van der Waals surface area contributed by atoms with Crippen LogP contribution in [0.25, 0.3) is 22.3 Å². The van der Waals surface area contributed by atoms with Gasteiger partial charge in [-0.2, -0.15) is 10.2 Å². The summed E-state index contributed by atoms with van der Waals surface area (Å²) < 4.78 is 9.17. The van der Waals surface area contributed by atoms with Gasteiger partial charge in [0.25, 0.3) is 5.91 Å². The predicted molar refractivity (Wildman–Crippen MR) is 108 cm³/mol. The van der Waals surface area contributed by atoms with Gasteiger partial charge in [0.15, 0.2) is 5.82 Å². The quantitative estimate of drug-likeness (QED) is 0.537. The van der Waals surface area contributed by atoms with E-state index >= 15 is 0 Å². The molecule has 8 nitrogen and oxygen atoms in total. The van der Waals surface area contributed by atoms with Gasteiger partial charge in [-0.05, 0) is 44.2 Å². The van der Waals surface area contributed by atoms with Crippen LogP contribution in [0.15, 0.2) is 42.6 Å². The number of nitrogens with one attached hydrogen (secondary N) is 2. The monoisotopic (exact) mass is 378 g/mol. The largest absolute Gasteiger partial charge is 0.497 e.